The number of aromatic nitrogens is 3. The van der Waals surface area contributed by atoms with Gasteiger partial charge in [-0.3, -0.25) is 0 Å². The Morgan fingerprint density at radius 2 is 2.29 bits per heavy atom. The Morgan fingerprint density at radius 1 is 1.57 bits per heavy atom. The minimum absolute atomic E-state index is 0.0444. The van der Waals surface area contributed by atoms with Gasteiger partial charge in [0.15, 0.2) is 5.65 Å². The normalized spacial score (nSPS) is 10.6. The van der Waals surface area contributed by atoms with Gasteiger partial charge in [0, 0.05) is 6.20 Å². The molecular weight excluding hydrogens is 299 g/mol. The highest BCUT2D eigenvalue weighted by atomic mass is 127. The van der Waals surface area contributed by atoms with Gasteiger partial charge >= 0.3 is 5.97 Å². The third kappa shape index (κ3) is 1.20. The Hall–Kier alpha value is -1.38. The molecule has 0 aliphatic carbocycles. The van der Waals surface area contributed by atoms with E-state index < -0.39 is 5.97 Å². The lowest BCUT2D eigenvalue weighted by molar-refractivity contribution is 0.0697. The highest BCUT2D eigenvalue weighted by Crippen LogP contribution is 2.16. The number of hydrogen-bond donors (Lipinski definition) is 2. The fourth-order valence-corrected chi connectivity index (χ4v) is 1.58. The van der Waals surface area contributed by atoms with Crippen LogP contribution in [-0.4, -0.2) is 25.7 Å². The number of hydrogen-bond acceptors (Lipinski definition) is 4. The maximum absolute atomic E-state index is 10.7. The number of carboxylic acids is 1. The van der Waals surface area contributed by atoms with Crippen molar-refractivity contribution < 1.29 is 9.90 Å². The molecule has 6 nitrogen and oxygen atoms in total. The van der Waals surface area contributed by atoms with Gasteiger partial charge in [-0.15, -0.1) is 0 Å². The molecule has 0 aliphatic heterocycles. The molecule has 7 heteroatoms. The quantitative estimate of drug-likeness (QED) is 0.753. The zero-order valence-electron chi connectivity index (χ0n) is 6.81. The molecular formula is C7H5IN4O2. The summed E-state index contributed by atoms with van der Waals surface area (Å²) in [7, 11) is 0. The monoisotopic (exact) mass is 304 g/mol. The summed E-state index contributed by atoms with van der Waals surface area (Å²) >= 11 is 2.05. The highest BCUT2D eigenvalue weighted by Gasteiger charge is 2.13. The summed E-state index contributed by atoms with van der Waals surface area (Å²) in [6, 6.07) is 0. The summed E-state index contributed by atoms with van der Waals surface area (Å²) < 4.78 is 2.14. The van der Waals surface area contributed by atoms with Crippen LogP contribution in [0.2, 0.25) is 0 Å². The Bertz CT molecular complexity index is 522. The molecule has 0 saturated heterocycles. The fraction of sp³-hybridized carbons (Fsp3) is 0. The van der Waals surface area contributed by atoms with E-state index in [-0.39, 0.29) is 11.4 Å². The van der Waals surface area contributed by atoms with E-state index in [1.54, 1.807) is 6.20 Å². The smallest absolute Gasteiger partial charge is 0.341 e. The summed E-state index contributed by atoms with van der Waals surface area (Å²) in [5.74, 6) is -1.02. The zero-order chi connectivity index (χ0) is 10.3. The van der Waals surface area contributed by atoms with Gasteiger partial charge in [-0.2, -0.15) is 9.61 Å². The van der Waals surface area contributed by atoms with Crippen molar-refractivity contribution in [3.05, 3.63) is 21.5 Å². The van der Waals surface area contributed by atoms with Crippen molar-refractivity contribution in [3.63, 3.8) is 0 Å². The molecule has 2 aromatic rings. The molecule has 14 heavy (non-hydrogen) atoms. The van der Waals surface area contributed by atoms with E-state index in [9.17, 15) is 4.79 Å². The largest absolute Gasteiger partial charge is 0.477 e. The number of nitrogens with zero attached hydrogens (tertiary/aromatic N) is 3. The predicted molar refractivity (Wildman–Crippen MR) is 57.1 cm³/mol. The fourth-order valence-electron chi connectivity index (χ4n) is 1.09. The van der Waals surface area contributed by atoms with Crippen molar-refractivity contribution >= 4 is 40.0 Å². The third-order valence-corrected chi connectivity index (χ3v) is 2.51. The molecule has 2 rings (SSSR count). The molecule has 0 unspecified atom stereocenters. The van der Waals surface area contributed by atoms with Crippen LogP contribution in [0.5, 0.6) is 0 Å². The van der Waals surface area contributed by atoms with E-state index in [1.165, 1.54) is 10.7 Å². The van der Waals surface area contributed by atoms with Crippen LogP contribution in [-0.2, 0) is 0 Å². The van der Waals surface area contributed by atoms with Crippen molar-refractivity contribution in [2.24, 2.45) is 0 Å². The molecule has 0 fully saturated rings. The first-order valence-corrected chi connectivity index (χ1v) is 4.70. The Morgan fingerprint density at radius 3 is 2.93 bits per heavy atom. The average molecular weight is 304 g/mol. The summed E-state index contributed by atoms with van der Waals surface area (Å²) in [5.41, 5.74) is 6.13. The van der Waals surface area contributed by atoms with Gasteiger partial charge in [-0.1, -0.05) is 0 Å². The average Bonchev–Trinajstić information content (AvgIpc) is 2.49. The van der Waals surface area contributed by atoms with Gasteiger partial charge in [0.2, 0.25) is 0 Å². The third-order valence-electron chi connectivity index (χ3n) is 1.75. The number of fused-ring (bicyclic) bond motifs is 1. The number of carboxylic acid groups (broad SMARTS) is 1. The summed E-state index contributed by atoms with van der Waals surface area (Å²) in [6.07, 6.45) is 2.81. The number of rotatable bonds is 1. The van der Waals surface area contributed by atoms with Crippen molar-refractivity contribution in [2.45, 2.75) is 0 Å². The molecule has 0 bridgehead atoms. The lowest BCUT2D eigenvalue weighted by Gasteiger charge is -2.01. The number of nitrogen functional groups attached to an aromatic ring is 1. The van der Waals surface area contributed by atoms with Crippen molar-refractivity contribution in [3.8, 4) is 0 Å². The number of halogens is 1. The SMILES string of the molecule is Nc1c(C(=O)O)cnc2c(I)cnn12. The Labute approximate surface area is 91.9 Å². The first-order chi connectivity index (χ1) is 6.61. The van der Waals surface area contributed by atoms with Crippen LogP contribution in [0, 0.1) is 3.57 Å². The molecule has 72 valence electrons. The number of nitrogens with two attached hydrogens (primary N) is 1. The van der Waals surface area contributed by atoms with E-state index in [4.69, 9.17) is 10.8 Å². The van der Waals surface area contributed by atoms with E-state index in [0.29, 0.717) is 5.65 Å². The maximum Gasteiger partial charge on any atom is 0.341 e. The second-order valence-corrected chi connectivity index (χ2v) is 3.75. The van der Waals surface area contributed by atoms with E-state index in [1.807, 2.05) is 0 Å². The van der Waals surface area contributed by atoms with Gasteiger partial charge in [0.05, 0.1) is 9.77 Å². The lowest BCUT2D eigenvalue weighted by atomic mass is 10.3. The Kier molecular flexibility index (Phi) is 2.02. The Balaban J connectivity index is 2.82. The van der Waals surface area contributed by atoms with Crippen molar-refractivity contribution in [1.29, 1.82) is 0 Å². The van der Waals surface area contributed by atoms with Crippen LogP contribution >= 0.6 is 22.6 Å². The van der Waals surface area contributed by atoms with Crippen molar-refractivity contribution in [1.82, 2.24) is 14.6 Å². The molecule has 0 spiro atoms. The molecule has 3 N–H and O–H groups in total. The van der Waals surface area contributed by atoms with Gasteiger partial charge in [-0.25, -0.2) is 9.78 Å². The minimum atomic E-state index is -1.11. The van der Waals surface area contributed by atoms with Crippen molar-refractivity contribution in [2.75, 3.05) is 5.73 Å². The van der Waals surface area contributed by atoms with E-state index >= 15 is 0 Å². The van der Waals surface area contributed by atoms with Crippen LogP contribution < -0.4 is 5.73 Å². The molecule has 0 aliphatic rings. The van der Waals surface area contributed by atoms with E-state index in [0.717, 1.165) is 3.57 Å². The van der Waals surface area contributed by atoms with Crippen LogP contribution in [0.1, 0.15) is 10.4 Å². The molecule has 2 aromatic heterocycles. The second-order valence-electron chi connectivity index (χ2n) is 2.59. The molecule has 0 radical (unpaired) electrons. The van der Waals surface area contributed by atoms with Gasteiger partial charge in [0.25, 0.3) is 0 Å². The van der Waals surface area contributed by atoms with Gasteiger partial charge in [-0.05, 0) is 22.6 Å². The first kappa shape index (κ1) is 9.19. The van der Waals surface area contributed by atoms with Crippen LogP contribution in [0.4, 0.5) is 5.82 Å². The van der Waals surface area contributed by atoms with Gasteiger partial charge < -0.3 is 10.8 Å². The molecule has 0 amide bonds. The van der Waals surface area contributed by atoms with Crippen LogP contribution in [0.3, 0.4) is 0 Å². The molecule has 2 heterocycles. The first-order valence-electron chi connectivity index (χ1n) is 3.62. The number of carbonyl (C=O) groups is 1. The molecule has 0 saturated carbocycles. The molecule has 0 atom stereocenters. The maximum atomic E-state index is 10.7. The van der Waals surface area contributed by atoms with Crippen LogP contribution in [0.15, 0.2) is 12.4 Å². The van der Waals surface area contributed by atoms with Gasteiger partial charge in [0.1, 0.15) is 11.4 Å². The molecule has 0 aromatic carbocycles. The van der Waals surface area contributed by atoms with E-state index in [2.05, 4.69) is 32.7 Å². The minimum Gasteiger partial charge on any atom is -0.477 e. The summed E-state index contributed by atoms with van der Waals surface area (Å²) in [5, 5.41) is 12.7. The second kappa shape index (κ2) is 3.08. The lowest BCUT2D eigenvalue weighted by Crippen LogP contribution is -2.09. The summed E-state index contributed by atoms with van der Waals surface area (Å²) in [6.45, 7) is 0. The zero-order valence-corrected chi connectivity index (χ0v) is 8.96. The summed E-state index contributed by atoms with van der Waals surface area (Å²) in [4.78, 5) is 14.7. The predicted octanol–water partition coefficient (Wildman–Crippen LogP) is 0.614. The number of aromatic carboxylic acids is 1. The number of anilines is 1. The highest BCUT2D eigenvalue weighted by molar-refractivity contribution is 14.1. The topological polar surface area (TPSA) is 93.5 Å². The standard InChI is InChI=1S/C7H5IN4O2/c8-4-2-11-12-5(9)3(7(13)14)1-10-6(4)12/h1-2H,9H2,(H,13,14). The van der Waals surface area contributed by atoms with Crippen LogP contribution in [0.25, 0.3) is 5.65 Å².